The lowest BCUT2D eigenvalue weighted by Gasteiger charge is -2.47. The number of nitrogens with one attached hydrogen (secondary N) is 3. The fraction of sp³-hybridized carbons (Fsp3) is 0.622. The van der Waals surface area contributed by atoms with Crippen molar-refractivity contribution in [2.24, 2.45) is 11.8 Å². The van der Waals surface area contributed by atoms with Crippen molar-refractivity contribution < 1.29 is 28.2 Å². The van der Waals surface area contributed by atoms with E-state index in [-0.39, 0.29) is 24.7 Å². The smallest absolute Gasteiger partial charge is 0.239 e. The first kappa shape index (κ1) is 37.8. The number of fused-ring (bicyclic) bond motifs is 1. The Hall–Kier alpha value is -2.99. The average molecular weight is 685 g/mol. The van der Waals surface area contributed by atoms with Crippen molar-refractivity contribution in [3.63, 3.8) is 0 Å². The maximum absolute atomic E-state index is 14.2. The minimum Gasteiger partial charge on any atom is -0.508 e. The van der Waals surface area contributed by atoms with Gasteiger partial charge in [-0.25, -0.2) is 8.42 Å². The lowest BCUT2D eigenvalue weighted by atomic mass is 9.72. The second-order valence-electron chi connectivity index (χ2n) is 15.5. The van der Waals surface area contributed by atoms with Gasteiger partial charge in [0.25, 0.3) is 0 Å². The molecule has 0 radical (unpaired) electrons. The molecule has 5 N–H and O–H groups in total. The third-order valence-electron chi connectivity index (χ3n) is 10.1. The summed E-state index contributed by atoms with van der Waals surface area (Å²) in [6.45, 7) is 9.93. The SMILES string of the molecule is CC(C)(C)NC(=O)[C@@H]1CC2CCCCC2CN1C[C@@H](O)[C@H](Cc1ccccc1)NC(=O)[C@@H](NCc1cccc(O)c1)C(C)(C)S(C)(=O)=O. The zero-order valence-electron chi connectivity index (χ0n) is 29.4. The predicted octanol–water partition coefficient (Wildman–Crippen LogP) is 3.56. The van der Waals surface area contributed by atoms with E-state index >= 15 is 0 Å². The second kappa shape index (κ2) is 15.7. The number of aromatic hydroxyl groups is 1. The number of β-amino-alcohol motifs (C(OH)–C–C–N with tert-alkyl or cyclic N) is 1. The number of phenolic OH excluding ortho intramolecular Hbond substituents is 1. The van der Waals surface area contributed by atoms with Gasteiger partial charge in [-0.15, -0.1) is 0 Å². The minimum absolute atomic E-state index is 0.0477. The molecule has 1 saturated carbocycles. The lowest BCUT2D eigenvalue weighted by Crippen LogP contribution is -2.63. The van der Waals surface area contributed by atoms with Crippen molar-refractivity contribution in [3.8, 4) is 5.75 Å². The van der Waals surface area contributed by atoms with Gasteiger partial charge in [0, 0.05) is 31.4 Å². The summed E-state index contributed by atoms with van der Waals surface area (Å²) in [5, 5.41) is 31.2. The molecule has 2 unspecified atom stereocenters. The molecule has 10 nitrogen and oxygen atoms in total. The van der Waals surface area contributed by atoms with Crippen molar-refractivity contribution in [3.05, 3.63) is 65.7 Å². The number of amides is 2. The van der Waals surface area contributed by atoms with Crippen molar-refractivity contribution in [1.29, 1.82) is 0 Å². The molecule has 48 heavy (non-hydrogen) atoms. The van der Waals surface area contributed by atoms with E-state index in [0.717, 1.165) is 37.5 Å². The molecule has 2 fully saturated rings. The monoisotopic (exact) mass is 684 g/mol. The van der Waals surface area contributed by atoms with Crippen LogP contribution in [0.4, 0.5) is 0 Å². The van der Waals surface area contributed by atoms with Crippen LogP contribution in [-0.4, -0.2) is 89.2 Å². The standard InChI is InChI=1S/C37H56N4O6S/c1-36(2,3)40-34(44)31-21-27-16-10-11-17-28(27)23-41(31)24-32(43)30(20-25-13-8-7-9-14-25)39-35(45)33(37(4,5)48(6,46)47)38-22-26-15-12-18-29(42)19-26/h7-9,12-15,18-19,27-28,30-33,38,42-43H,10-11,16-17,20-24H2,1-6H3,(H,39,45)(H,40,44)/t27?,28?,30-,31-,32+,33+/m0/s1. The number of carbonyl (C=O) groups excluding carboxylic acids is 2. The van der Waals surface area contributed by atoms with Crippen LogP contribution in [0, 0.1) is 11.8 Å². The number of carbonyl (C=O) groups is 2. The molecule has 1 saturated heterocycles. The van der Waals surface area contributed by atoms with E-state index in [1.165, 1.54) is 26.3 Å². The Balaban J connectivity index is 1.61. The molecule has 266 valence electrons. The summed E-state index contributed by atoms with van der Waals surface area (Å²) in [6, 6.07) is 13.8. The number of piperidine rings is 1. The van der Waals surface area contributed by atoms with E-state index in [0.29, 0.717) is 30.4 Å². The summed E-state index contributed by atoms with van der Waals surface area (Å²) in [4.78, 5) is 29.9. The topological polar surface area (TPSA) is 148 Å². The minimum atomic E-state index is -3.73. The molecule has 0 aromatic heterocycles. The largest absolute Gasteiger partial charge is 0.508 e. The summed E-state index contributed by atoms with van der Waals surface area (Å²) in [5.74, 6) is 0.384. The van der Waals surface area contributed by atoms with Gasteiger partial charge in [-0.2, -0.15) is 0 Å². The van der Waals surface area contributed by atoms with E-state index in [4.69, 9.17) is 0 Å². The third kappa shape index (κ3) is 10.0. The molecule has 1 aliphatic carbocycles. The highest BCUT2D eigenvalue weighted by atomic mass is 32.2. The number of rotatable bonds is 13. The van der Waals surface area contributed by atoms with E-state index in [1.807, 2.05) is 51.1 Å². The van der Waals surface area contributed by atoms with Gasteiger partial charge in [0.1, 0.15) is 11.8 Å². The number of aliphatic hydroxyl groups is 1. The highest BCUT2D eigenvalue weighted by molar-refractivity contribution is 7.92. The number of benzene rings is 2. The molecule has 2 aliphatic rings. The average Bonchev–Trinajstić information content (AvgIpc) is 2.99. The molecule has 0 bridgehead atoms. The molecule has 2 aromatic carbocycles. The van der Waals surface area contributed by atoms with Crippen LogP contribution in [-0.2, 0) is 32.4 Å². The highest BCUT2D eigenvalue weighted by Crippen LogP contribution is 2.39. The fourth-order valence-corrected chi connectivity index (χ4v) is 7.78. The van der Waals surface area contributed by atoms with Gasteiger partial charge in [-0.3, -0.25) is 14.5 Å². The molecule has 2 amide bonds. The number of aliphatic hydroxyl groups excluding tert-OH is 1. The van der Waals surface area contributed by atoms with Crippen LogP contribution in [0.25, 0.3) is 0 Å². The highest BCUT2D eigenvalue weighted by Gasteiger charge is 2.45. The van der Waals surface area contributed by atoms with Crippen LogP contribution in [0.15, 0.2) is 54.6 Å². The Morgan fingerprint density at radius 2 is 1.60 bits per heavy atom. The van der Waals surface area contributed by atoms with Crippen molar-refractivity contribution in [1.82, 2.24) is 20.9 Å². The number of hydrogen-bond acceptors (Lipinski definition) is 8. The normalized spacial score (nSPS) is 22.6. The number of phenols is 1. The molecule has 1 heterocycles. The van der Waals surface area contributed by atoms with Crippen molar-refractivity contribution >= 4 is 21.7 Å². The molecule has 11 heteroatoms. The number of sulfone groups is 1. The van der Waals surface area contributed by atoms with Gasteiger partial charge in [0.15, 0.2) is 9.84 Å². The zero-order chi connectivity index (χ0) is 35.3. The number of likely N-dealkylation sites (tertiary alicyclic amines) is 1. The van der Waals surface area contributed by atoms with Gasteiger partial charge in [-0.05, 0) is 89.0 Å². The van der Waals surface area contributed by atoms with Gasteiger partial charge < -0.3 is 26.2 Å². The van der Waals surface area contributed by atoms with E-state index < -0.39 is 50.3 Å². The fourth-order valence-electron chi connectivity index (χ4n) is 7.17. The summed E-state index contributed by atoms with van der Waals surface area (Å²) in [7, 11) is -3.73. The predicted molar refractivity (Wildman–Crippen MR) is 189 cm³/mol. The number of nitrogens with zero attached hydrogens (tertiary/aromatic N) is 1. The van der Waals surface area contributed by atoms with Crippen LogP contribution in [0.5, 0.6) is 5.75 Å². The summed E-state index contributed by atoms with van der Waals surface area (Å²) in [6.07, 6.45) is 5.65. The molecular formula is C37H56N4O6S. The van der Waals surface area contributed by atoms with Crippen LogP contribution in [0.2, 0.25) is 0 Å². The second-order valence-corrected chi connectivity index (χ2v) is 18.1. The Labute approximate surface area is 287 Å². The van der Waals surface area contributed by atoms with Crippen molar-refractivity contribution in [2.75, 3.05) is 19.3 Å². The first-order valence-corrected chi connectivity index (χ1v) is 19.1. The van der Waals surface area contributed by atoms with Gasteiger partial charge in [0.2, 0.25) is 11.8 Å². The summed E-state index contributed by atoms with van der Waals surface area (Å²) in [5.41, 5.74) is 1.19. The van der Waals surface area contributed by atoms with Crippen molar-refractivity contribution in [2.45, 2.75) is 114 Å². The first-order valence-electron chi connectivity index (χ1n) is 17.2. The first-order chi connectivity index (χ1) is 22.4. The van der Waals surface area contributed by atoms with E-state index in [2.05, 4.69) is 20.9 Å². The van der Waals surface area contributed by atoms with Crippen LogP contribution >= 0.6 is 0 Å². The van der Waals surface area contributed by atoms with Crippen LogP contribution < -0.4 is 16.0 Å². The summed E-state index contributed by atoms with van der Waals surface area (Å²) >= 11 is 0. The maximum atomic E-state index is 14.2. The lowest BCUT2D eigenvalue weighted by molar-refractivity contribution is -0.133. The van der Waals surface area contributed by atoms with Crippen LogP contribution in [0.3, 0.4) is 0 Å². The van der Waals surface area contributed by atoms with Gasteiger partial charge in [0.05, 0.1) is 22.9 Å². The van der Waals surface area contributed by atoms with Gasteiger partial charge >= 0.3 is 0 Å². The zero-order valence-corrected chi connectivity index (χ0v) is 30.2. The molecule has 1 aliphatic heterocycles. The van der Waals surface area contributed by atoms with E-state index in [9.17, 15) is 28.2 Å². The molecule has 4 rings (SSSR count). The Kier molecular flexibility index (Phi) is 12.4. The molecule has 0 spiro atoms. The molecule has 2 aromatic rings. The van der Waals surface area contributed by atoms with Gasteiger partial charge in [-0.1, -0.05) is 61.7 Å². The molecular weight excluding hydrogens is 628 g/mol. The molecule has 6 atom stereocenters. The Morgan fingerprint density at radius 3 is 2.23 bits per heavy atom. The number of hydrogen-bond donors (Lipinski definition) is 5. The third-order valence-corrected chi connectivity index (χ3v) is 12.3. The maximum Gasteiger partial charge on any atom is 0.239 e. The van der Waals surface area contributed by atoms with E-state index in [1.54, 1.807) is 18.2 Å². The summed E-state index contributed by atoms with van der Waals surface area (Å²) < 4.78 is 24.5. The Morgan fingerprint density at radius 1 is 0.958 bits per heavy atom. The quantitative estimate of drug-likeness (QED) is 0.215. The Bertz CT molecular complexity index is 1490. The van der Waals surface area contributed by atoms with Crippen LogP contribution in [0.1, 0.15) is 77.8 Å².